The number of nitrogens with zero attached hydrogens (tertiary/aromatic N) is 2. The second-order valence-electron chi connectivity index (χ2n) is 8.11. The standard InChI is InChI=1S/C29H27N3OS/c1-34-19-17-24-25(20-28(33)31-26(16-18-30)21-10-4-2-5-11-21)23-14-8-9-15-27(23)32-29(24)22-12-6-3-7-13-22/h2-15,26H,16-17,19-20H2,1H3,(H,31,33). The molecule has 0 radical (unpaired) electrons. The van der Waals surface area contributed by atoms with E-state index in [1.54, 1.807) is 11.8 Å². The molecule has 4 rings (SSSR count). The Morgan fingerprint density at radius 2 is 1.65 bits per heavy atom. The molecule has 0 fully saturated rings. The Labute approximate surface area is 205 Å². The van der Waals surface area contributed by atoms with E-state index >= 15 is 0 Å². The Hall–Kier alpha value is -3.62. The molecule has 3 aromatic carbocycles. The number of pyridine rings is 1. The number of para-hydroxylation sites is 1. The van der Waals surface area contributed by atoms with Gasteiger partial charge in [-0.15, -0.1) is 0 Å². The van der Waals surface area contributed by atoms with E-state index in [1.807, 2.05) is 72.8 Å². The third kappa shape index (κ3) is 5.47. The molecule has 1 heterocycles. The van der Waals surface area contributed by atoms with Crippen LogP contribution in [0.15, 0.2) is 84.9 Å². The number of rotatable bonds is 9. The number of thioether (sulfide) groups is 1. The fourth-order valence-corrected chi connectivity index (χ4v) is 4.67. The zero-order valence-corrected chi connectivity index (χ0v) is 20.0. The van der Waals surface area contributed by atoms with Crippen molar-refractivity contribution in [1.29, 1.82) is 5.26 Å². The number of carbonyl (C=O) groups is 1. The van der Waals surface area contributed by atoms with E-state index in [4.69, 9.17) is 4.98 Å². The van der Waals surface area contributed by atoms with Crippen molar-refractivity contribution in [2.45, 2.75) is 25.3 Å². The van der Waals surface area contributed by atoms with Gasteiger partial charge in [0, 0.05) is 10.9 Å². The molecular weight excluding hydrogens is 438 g/mol. The molecule has 0 saturated heterocycles. The summed E-state index contributed by atoms with van der Waals surface area (Å²) in [7, 11) is 0. The molecule has 1 amide bonds. The van der Waals surface area contributed by atoms with Crippen LogP contribution in [-0.2, 0) is 17.6 Å². The van der Waals surface area contributed by atoms with E-state index in [-0.39, 0.29) is 24.8 Å². The number of carbonyl (C=O) groups excluding carboxylic acids is 1. The molecule has 1 atom stereocenters. The molecule has 5 heteroatoms. The van der Waals surface area contributed by atoms with E-state index in [0.29, 0.717) is 0 Å². The molecular formula is C29H27N3OS. The van der Waals surface area contributed by atoms with Gasteiger partial charge in [0.05, 0.1) is 36.2 Å². The number of hydrogen-bond donors (Lipinski definition) is 1. The normalized spacial score (nSPS) is 11.6. The maximum Gasteiger partial charge on any atom is 0.224 e. The summed E-state index contributed by atoms with van der Waals surface area (Å²) in [5, 5.41) is 13.4. The number of benzene rings is 3. The van der Waals surface area contributed by atoms with Crippen LogP contribution in [0.25, 0.3) is 22.2 Å². The predicted molar refractivity (Wildman–Crippen MR) is 141 cm³/mol. The molecule has 170 valence electrons. The SMILES string of the molecule is CSCCc1c(-c2ccccc2)nc2ccccc2c1CC(=O)NC(CC#N)c1ccccc1. The lowest BCUT2D eigenvalue weighted by Gasteiger charge is -2.20. The van der Waals surface area contributed by atoms with Gasteiger partial charge in [-0.2, -0.15) is 17.0 Å². The molecule has 1 N–H and O–H groups in total. The molecule has 0 saturated carbocycles. The van der Waals surface area contributed by atoms with E-state index in [2.05, 4.69) is 29.8 Å². The van der Waals surface area contributed by atoms with Gasteiger partial charge < -0.3 is 5.32 Å². The summed E-state index contributed by atoms with van der Waals surface area (Å²) in [6.07, 6.45) is 3.38. The fourth-order valence-electron chi connectivity index (χ4n) is 4.26. The van der Waals surface area contributed by atoms with Crippen molar-refractivity contribution in [3.05, 3.63) is 102 Å². The van der Waals surface area contributed by atoms with Crippen LogP contribution >= 0.6 is 11.8 Å². The van der Waals surface area contributed by atoms with Gasteiger partial charge in [0.2, 0.25) is 5.91 Å². The summed E-state index contributed by atoms with van der Waals surface area (Å²) in [6.45, 7) is 0. The highest BCUT2D eigenvalue weighted by molar-refractivity contribution is 7.98. The summed E-state index contributed by atoms with van der Waals surface area (Å²) in [5.74, 6) is 0.847. The third-order valence-electron chi connectivity index (χ3n) is 5.88. The Balaban J connectivity index is 1.76. The Morgan fingerprint density at radius 3 is 2.35 bits per heavy atom. The monoisotopic (exact) mass is 465 g/mol. The smallest absolute Gasteiger partial charge is 0.224 e. The lowest BCUT2D eigenvalue weighted by molar-refractivity contribution is -0.121. The van der Waals surface area contributed by atoms with Crippen LogP contribution in [-0.4, -0.2) is 22.9 Å². The van der Waals surface area contributed by atoms with Crippen LogP contribution in [0.4, 0.5) is 0 Å². The average molecular weight is 466 g/mol. The first kappa shape index (κ1) is 23.5. The molecule has 4 aromatic rings. The third-order valence-corrected chi connectivity index (χ3v) is 6.50. The van der Waals surface area contributed by atoms with Gasteiger partial charge in [-0.25, -0.2) is 4.98 Å². The maximum absolute atomic E-state index is 13.3. The van der Waals surface area contributed by atoms with Gasteiger partial charge in [0.25, 0.3) is 0 Å². The summed E-state index contributed by atoms with van der Waals surface area (Å²) in [6, 6.07) is 29.7. The summed E-state index contributed by atoms with van der Waals surface area (Å²) < 4.78 is 0. The number of fused-ring (bicyclic) bond motifs is 1. The second kappa shape index (κ2) is 11.5. The van der Waals surface area contributed by atoms with Crippen molar-refractivity contribution in [3.8, 4) is 17.3 Å². The van der Waals surface area contributed by atoms with Crippen LogP contribution in [0.1, 0.15) is 29.2 Å². The van der Waals surface area contributed by atoms with Crippen LogP contribution in [0.3, 0.4) is 0 Å². The Bertz CT molecular complexity index is 1300. The fraction of sp³-hybridized carbons (Fsp3) is 0.207. The minimum absolute atomic E-state index is 0.0927. The number of aromatic nitrogens is 1. The number of amides is 1. The molecule has 1 unspecified atom stereocenters. The highest BCUT2D eigenvalue weighted by Crippen LogP contribution is 2.32. The largest absolute Gasteiger partial charge is 0.348 e. The number of nitriles is 1. The molecule has 34 heavy (non-hydrogen) atoms. The summed E-state index contributed by atoms with van der Waals surface area (Å²) in [5.41, 5.74) is 5.94. The lowest BCUT2D eigenvalue weighted by atomic mass is 9.92. The Morgan fingerprint density at radius 1 is 0.971 bits per heavy atom. The van der Waals surface area contributed by atoms with Crippen molar-refractivity contribution < 1.29 is 4.79 Å². The van der Waals surface area contributed by atoms with E-state index in [0.717, 1.165) is 51.0 Å². The molecule has 1 aromatic heterocycles. The van der Waals surface area contributed by atoms with E-state index < -0.39 is 0 Å². The first-order chi connectivity index (χ1) is 16.7. The van der Waals surface area contributed by atoms with Crippen LogP contribution in [0, 0.1) is 11.3 Å². The van der Waals surface area contributed by atoms with E-state index in [1.165, 1.54) is 0 Å². The number of nitrogens with one attached hydrogen (secondary N) is 1. The van der Waals surface area contributed by atoms with Crippen molar-refractivity contribution >= 4 is 28.6 Å². The minimum Gasteiger partial charge on any atom is -0.348 e. The summed E-state index contributed by atoms with van der Waals surface area (Å²) in [4.78, 5) is 18.4. The molecule has 0 spiro atoms. The van der Waals surface area contributed by atoms with Crippen molar-refractivity contribution in [3.63, 3.8) is 0 Å². The van der Waals surface area contributed by atoms with Gasteiger partial charge >= 0.3 is 0 Å². The van der Waals surface area contributed by atoms with Gasteiger partial charge in [0.1, 0.15) is 0 Å². The summed E-state index contributed by atoms with van der Waals surface area (Å²) >= 11 is 1.78. The van der Waals surface area contributed by atoms with Gasteiger partial charge in [-0.1, -0.05) is 78.9 Å². The minimum atomic E-state index is -0.338. The number of hydrogen-bond acceptors (Lipinski definition) is 4. The molecule has 4 nitrogen and oxygen atoms in total. The highest BCUT2D eigenvalue weighted by atomic mass is 32.2. The first-order valence-corrected chi connectivity index (χ1v) is 12.8. The predicted octanol–water partition coefficient (Wildman–Crippen LogP) is 6.12. The topological polar surface area (TPSA) is 65.8 Å². The van der Waals surface area contributed by atoms with Crippen molar-refractivity contribution in [1.82, 2.24) is 10.3 Å². The first-order valence-electron chi connectivity index (χ1n) is 11.4. The molecule has 0 bridgehead atoms. The maximum atomic E-state index is 13.3. The molecule has 0 aliphatic rings. The molecule has 0 aliphatic heterocycles. The van der Waals surface area contributed by atoms with Crippen molar-refractivity contribution in [2.75, 3.05) is 12.0 Å². The van der Waals surface area contributed by atoms with Gasteiger partial charge in [0.15, 0.2) is 0 Å². The zero-order chi connectivity index (χ0) is 23.8. The van der Waals surface area contributed by atoms with Crippen molar-refractivity contribution in [2.24, 2.45) is 0 Å². The molecule has 0 aliphatic carbocycles. The quantitative estimate of drug-likeness (QED) is 0.323. The van der Waals surface area contributed by atoms with Gasteiger partial charge in [-0.05, 0) is 41.2 Å². The van der Waals surface area contributed by atoms with Crippen LogP contribution < -0.4 is 5.32 Å². The zero-order valence-electron chi connectivity index (χ0n) is 19.2. The van der Waals surface area contributed by atoms with Crippen LogP contribution in [0.5, 0.6) is 0 Å². The lowest BCUT2D eigenvalue weighted by Crippen LogP contribution is -2.30. The Kier molecular flexibility index (Phi) is 7.95. The second-order valence-corrected chi connectivity index (χ2v) is 9.10. The van der Waals surface area contributed by atoms with Crippen LogP contribution in [0.2, 0.25) is 0 Å². The van der Waals surface area contributed by atoms with E-state index in [9.17, 15) is 10.1 Å². The average Bonchev–Trinajstić information content (AvgIpc) is 2.88. The van der Waals surface area contributed by atoms with Gasteiger partial charge in [-0.3, -0.25) is 4.79 Å². The highest BCUT2D eigenvalue weighted by Gasteiger charge is 2.20.